The smallest absolute Gasteiger partial charge is 0.161 e. The standard InChI is InChI=1S/C14H17ClFN3O/c1-8(2)19-14(12(20-3)7-18-19)13(17)10-5-4-9(16)6-11(10)15/h4-8,13H,17H2,1-3H3. The van der Waals surface area contributed by atoms with Crippen molar-refractivity contribution < 1.29 is 9.13 Å². The lowest BCUT2D eigenvalue weighted by Gasteiger charge is -2.19. The van der Waals surface area contributed by atoms with E-state index in [2.05, 4.69) is 5.10 Å². The summed E-state index contributed by atoms with van der Waals surface area (Å²) in [5, 5.41) is 4.56. The zero-order valence-corrected chi connectivity index (χ0v) is 12.4. The van der Waals surface area contributed by atoms with E-state index in [1.807, 2.05) is 13.8 Å². The van der Waals surface area contributed by atoms with Gasteiger partial charge >= 0.3 is 0 Å². The third kappa shape index (κ3) is 2.64. The number of nitrogens with two attached hydrogens (primary N) is 1. The van der Waals surface area contributed by atoms with E-state index in [1.165, 1.54) is 12.1 Å². The van der Waals surface area contributed by atoms with Gasteiger partial charge in [-0.3, -0.25) is 4.68 Å². The van der Waals surface area contributed by atoms with E-state index in [9.17, 15) is 4.39 Å². The van der Waals surface area contributed by atoms with E-state index >= 15 is 0 Å². The summed E-state index contributed by atoms with van der Waals surface area (Å²) in [4.78, 5) is 0. The van der Waals surface area contributed by atoms with Crippen LogP contribution in [0.4, 0.5) is 4.39 Å². The van der Waals surface area contributed by atoms with Crippen LogP contribution in [0.2, 0.25) is 5.02 Å². The van der Waals surface area contributed by atoms with Gasteiger partial charge in [-0.05, 0) is 31.5 Å². The first kappa shape index (κ1) is 14.8. The second kappa shape index (κ2) is 5.81. The zero-order valence-electron chi connectivity index (χ0n) is 11.6. The molecule has 4 nitrogen and oxygen atoms in total. The number of nitrogens with zero attached hydrogens (tertiary/aromatic N) is 2. The van der Waals surface area contributed by atoms with Gasteiger partial charge in [-0.15, -0.1) is 0 Å². The largest absolute Gasteiger partial charge is 0.493 e. The van der Waals surface area contributed by atoms with Crippen LogP contribution in [0, 0.1) is 5.82 Å². The summed E-state index contributed by atoms with van der Waals surface area (Å²) < 4.78 is 20.2. The van der Waals surface area contributed by atoms with Crippen molar-refractivity contribution in [2.45, 2.75) is 25.9 Å². The highest BCUT2D eigenvalue weighted by atomic mass is 35.5. The van der Waals surface area contributed by atoms with Crippen LogP contribution in [0.3, 0.4) is 0 Å². The predicted octanol–water partition coefficient (Wildman–Crippen LogP) is 3.31. The SMILES string of the molecule is COc1cnn(C(C)C)c1C(N)c1ccc(F)cc1Cl. The molecule has 2 rings (SSSR count). The Balaban J connectivity index is 2.52. The molecular formula is C14H17ClFN3O. The molecule has 20 heavy (non-hydrogen) atoms. The molecule has 0 bridgehead atoms. The normalized spacial score (nSPS) is 12.8. The lowest BCUT2D eigenvalue weighted by molar-refractivity contribution is 0.401. The van der Waals surface area contributed by atoms with Gasteiger partial charge in [0, 0.05) is 11.1 Å². The van der Waals surface area contributed by atoms with Crippen molar-refractivity contribution in [3.05, 3.63) is 46.5 Å². The minimum Gasteiger partial charge on any atom is -0.493 e. The topological polar surface area (TPSA) is 53.1 Å². The number of benzene rings is 1. The molecule has 0 radical (unpaired) electrons. The minimum absolute atomic E-state index is 0.124. The number of hydrogen-bond acceptors (Lipinski definition) is 3. The molecule has 1 unspecified atom stereocenters. The molecule has 1 atom stereocenters. The molecule has 0 fully saturated rings. The number of hydrogen-bond donors (Lipinski definition) is 1. The number of ether oxygens (including phenoxy) is 1. The molecule has 0 aliphatic rings. The molecule has 2 aromatic rings. The summed E-state index contributed by atoms with van der Waals surface area (Å²) in [5.74, 6) is 0.196. The van der Waals surface area contributed by atoms with Crippen molar-refractivity contribution in [3.63, 3.8) is 0 Å². The molecule has 108 valence electrons. The van der Waals surface area contributed by atoms with E-state index < -0.39 is 11.9 Å². The Bertz CT molecular complexity index is 612. The highest BCUT2D eigenvalue weighted by Crippen LogP contribution is 2.33. The van der Waals surface area contributed by atoms with Gasteiger partial charge in [0.1, 0.15) is 11.5 Å². The van der Waals surface area contributed by atoms with Crippen LogP contribution in [-0.2, 0) is 0 Å². The molecule has 1 aromatic carbocycles. The van der Waals surface area contributed by atoms with Crippen LogP contribution in [0.1, 0.15) is 37.2 Å². The molecule has 0 aliphatic carbocycles. The fourth-order valence-electron chi connectivity index (χ4n) is 2.12. The first-order chi connectivity index (χ1) is 9.45. The van der Waals surface area contributed by atoms with Crippen molar-refractivity contribution in [3.8, 4) is 5.75 Å². The van der Waals surface area contributed by atoms with Gasteiger partial charge in [0.05, 0.1) is 19.3 Å². The molecule has 0 saturated carbocycles. The van der Waals surface area contributed by atoms with Crippen molar-refractivity contribution in [1.29, 1.82) is 0 Å². The molecule has 1 aromatic heterocycles. The van der Waals surface area contributed by atoms with Crippen LogP contribution in [-0.4, -0.2) is 16.9 Å². The van der Waals surface area contributed by atoms with Gasteiger partial charge < -0.3 is 10.5 Å². The van der Waals surface area contributed by atoms with E-state index in [0.717, 1.165) is 5.69 Å². The van der Waals surface area contributed by atoms with Crippen molar-refractivity contribution in [2.75, 3.05) is 7.11 Å². The number of aromatic nitrogens is 2. The van der Waals surface area contributed by atoms with Gasteiger partial charge in [-0.25, -0.2) is 4.39 Å². The predicted molar refractivity (Wildman–Crippen MR) is 76.6 cm³/mol. The van der Waals surface area contributed by atoms with Crippen LogP contribution in [0.15, 0.2) is 24.4 Å². The van der Waals surface area contributed by atoms with E-state index in [0.29, 0.717) is 11.3 Å². The maximum Gasteiger partial charge on any atom is 0.161 e. The Morgan fingerprint density at radius 3 is 2.65 bits per heavy atom. The molecular weight excluding hydrogens is 281 g/mol. The molecule has 0 amide bonds. The summed E-state index contributed by atoms with van der Waals surface area (Å²) in [6.45, 7) is 3.99. The van der Waals surface area contributed by atoms with E-state index in [-0.39, 0.29) is 11.1 Å². The van der Waals surface area contributed by atoms with Crippen LogP contribution < -0.4 is 10.5 Å². The highest BCUT2D eigenvalue weighted by Gasteiger charge is 2.23. The van der Waals surface area contributed by atoms with Crippen molar-refractivity contribution in [1.82, 2.24) is 9.78 Å². The summed E-state index contributed by atoms with van der Waals surface area (Å²) in [6, 6.07) is 3.75. The second-order valence-corrected chi connectivity index (χ2v) is 5.19. The first-order valence-electron chi connectivity index (χ1n) is 6.27. The third-order valence-electron chi connectivity index (χ3n) is 3.10. The summed E-state index contributed by atoms with van der Waals surface area (Å²) in [5.41, 5.74) is 7.63. The Morgan fingerprint density at radius 2 is 2.10 bits per heavy atom. The maximum atomic E-state index is 13.1. The Labute approximate surface area is 122 Å². The first-order valence-corrected chi connectivity index (χ1v) is 6.65. The molecule has 0 aliphatic heterocycles. The van der Waals surface area contributed by atoms with Crippen LogP contribution in [0.5, 0.6) is 5.75 Å². The minimum atomic E-state index is -0.539. The fraction of sp³-hybridized carbons (Fsp3) is 0.357. The van der Waals surface area contributed by atoms with Crippen molar-refractivity contribution in [2.24, 2.45) is 5.73 Å². The van der Waals surface area contributed by atoms with Gasteiger partial charge in [0.15, 0.2) is 5.75 Å². The van der Waals surface area contributed by atoms with Gasteiger partial charge in [-0.2, -0.15) is 5.10 Å². The number of rotatable bonds is 4. The Hall–Kier alpha value is -1.59. The Morgan fingerprint density at radius 1 is 1.40 bits per heavy atom. The molecule has 2 N–H and O–H groups in total. The Kier molecular flexibility index (Phi) is 4.30. The zero-order chi connectivity index (χ0) is 14.9. The molecule has 0 saturated heterocycles. The average Bonchev–Trinajstić information content (AvgIpc) is 2.81. The maximum absolute atomic E-state index is 13.1. The van der Waals surface area contributed by atoms with Crippen LogP contribution >= 0.6 is 11.6 Å². The fourth-order valence-corrected chi connectivity index (χ4v) is 2.41. The monoisotopic (exact) mass is 297 g/mol. The average molecular weight is 298 g/mol. The van der Waals surface area contributed by atoms with E-state index in [4.69, 9.17) is 22.1 Å². The second-order valence-electron chi connectivity index (χ2n) is 4.78. The lowest BCUT2D eigenvalue weighted by atomic mass is 10.0. The van der Waals surface area contributed by atoms with Crippen molar-refractivity contribution >= 4 is 11.6 Å². The number of methoxy groups -OCH3 is 1. The highest BCUT2D eigenvalue weighted by molar-refractivity contribution is 6.31. The summed E-state index contributed by atoms with van der Waals surface area (Å²) in [6.07, 6.45) is 1.62. The third-order valence-corrected chi connectivity index (χ3v) is 3.43. The number of halogens is 2. The van der Waals surface area contributed by atoms with Crippen LogP contribution in [0.25, 0.3) is 0 Å². The summed E-state index contributed by atoms with van der Waals surface area (Å²) >= 11 is 6.08. The molecule has 1 heterocycles. The molecule has 6 heteroatoms. The van der Waals surface area contributed by atoms with E-state index in [1.54, 1.807) is 24.1 Å². The van der Waals surface area contributed by atoms with Gasteiger partial charge in [-0.1, -0.05) is 17.7 Å². The van der Waals surface area contributed by atoms with Gasteiger partial charge in [0.2, 0.25) is 0 Å². The lowest BCUT2D eigenvalue weighted by Crippen LogP contribution is -2.20. The summed E-state index contributed by atoms with van der Waals surface area (Å²) in [7, 11) is 1.56. The van der Waals surface area contributed by atoms with Gasteiger partial charge in [0.25, 0.3) is 0 Å². The molecule has 0 spiro atoms. The quantitative estimate of drug-likeness (QED) is 0.942.